The number of nitro benzene ring substituents is 1. The van der Waals surface area contributed by atoms with Crippen molar-refractivity contribution >= 4 is 17.3 Å². The van der Waals surface area contributed by atoms with E-state index in [4.69, 9.17) is 11.6 Å². The molecule has 0 saturated heterocycles. The average Bonchev–Trinajstić information content (AvgIpc) is 2.58. The van der Waals surface area contributed by atoms with Crippen molar-refractivity contribution in [2.45, 2.75) is 31.4 Å². The lowest BCUT2D eigenvalue weighted by molar-refractivity contribution is -0.384. The van der Waals surface area contributed by atoms with Crippen LogP contribution in [0.15, 0.2) is 42.5 Å². The predicted molar refractivity (Wildman–Crippen MR) is 93.3 cm³/mol. The van der Waals surface area contributed by atoms with Crippen LogP contribution in [-0.4, -0.2) is 22.6 Å². The number of nitrogens with one attached hydrogen (secondary N) is 1. The molecule has 6 heteroatoms. The van der Waals surface area contributed by atoms with Crippen molar-refractivity contribution in [3.05, 3.63) is 74.3 Å². The van der Waals surface area contributed by atoms with Crippen LogP contribution in [0.4, 0.5) is 5.69 Å². The molecule has 0 fully saturated rings. The maximum absolute atomic E-state index is 10.9. The lowest BCUT2D eigenvalue weighted by Gasteiger charge is -2.26. The number of nitro groups is 1. The highest BCUT2D eigenvalue weighted by molar-refractivity contribution is 6.30. The van der Waals surface area contributed by atoms with E-state index in [0.29, 0.717) is 11.6 Å². The molecule has 0 unspecified atom stereocenters. The monoisotopic (exact) mass is 346 g/mol. The van der Waals surface area contributed by atoms with E-state index in [1.165, 1.54) is 5.56 Å². The minimum Gasteiger partial charge on any atom is -0.387 e. The standard InChI is InChI=1S/C18H19ClN2O3/c19-15-3-1-2-13(8-15)18(22)11-20-16-6-4-12-5-7-17(21(23)24)10-14(12)9-16/h1-3,5,7-8,10,16,18,20,22H,4,6,9,11H2/t16-,18-/m0/s1. The molecule has 0 radical (unpaired) electrons. The molecule has 0 aliphatic heterocycles. The van der Waals surface area contributed by atoms with Crippen molar-refractivity contribution in [2.24, 2.45) is 0 Å². The van der Waals surface area contributed by atoms with E-state index in [1.54, 1.807) is 24.3 Å². The Morgan fingerprint density at radius 3 is 2.88 bits per heavy atom. The summed E-state index contributed by atoms with van der Waals surface area (Å²) in [6.45, 7) is 0.426. The third-order valence-electron chi connectivity index (χ3n) is 4.46. The number of aliphatic hydroxyl groups excluding tert-OH is 1. The van der Waals surface area contributed by atoms with Gasteiger partial charge in [0.05, 0.1) is 11.0 Å². The fourth-order valence-electron chi connectivity index (χ4n) is 3.14. The second-order valence-corrected chi connectivity index (χ2v) is 6.57. The molecule has 0 bridgehead atoms. The first-order valence-corrected chi connectivity index (χ1v) is 8.34. The molecule has 1 aliphatic rings. The zero-order chi connectivity index (χ0) is 17.1. The fraction of sp³-hybridized carbons (Fsp3) is 0.333. The van der Waals surface area contributed by atoms with E-state index in [9.17, 15) is 15.2 Å². The van der Waals surface area contributed by atoms with E-state index >= 15 is 0 Å². The lowest BCUT2D eigenvalue weighted by Crippen LogP contribution is -2.37. The summed E-state index contributed by atoms with van der Waals surface area (Å²) in [4.78, 5) is 10.6. The third-order valence-corrected chi connectivity index (χ3v) is 4.70. The minimum atomic E-state index is -0.629. The summed E-state index contributed by atoms with van der Waals surface area (Å²) in [5.41, 5.74) is 3.11. The van der Waals surface area contributed by atoms with Gasteiger partial charge in [-0.25, -0.2) is 0 Å². The highest BCUT2D eigenvalue weighted by atomic mass is 35.5. The molecule has 1 aliphatic carbocycles. The zero-order valence-electron chi connectivity index (χ0n) is 13.1. The molecule has 0 amide bonds. The highest BCUT2D eigenvalue weighted by Gasteiger charge is 2.21. The number of hydrogen-bond donors (Lipinski definition) is 2. The molecule has 0 saturated carbocycles. The molecule has 126 valence electrons. The fourth-order valence-corrected chi connectivity index (χ4v) is 3.34. The Bertz CT molecular complexity index is 751. The summed E-state index contributed by atoms with van der Waals surface area (Å²) in [6, 6.07) is 12.5. The van der Waals surface area contributed by atoms with E-state index in [0.717, 1.165) is 30.4 Å². The molecule has 0 spiro atoms. The van der Waals surface area contributed by atoms with Crippen LogP contribution in [0.3, 0.4) is 0 Å². The number of hydrogen-bond acceptors (Lipinski definition) is 4. The molecular formula is C18H19ClN2O3. The molecule has 2 aromatic rings. The van der Waals surface area contributed by atoms with Gasteiger partial charge in [0, 0.05) is 29.7 Å². The molecule has 2 atom stereocenters. The topological polar surface area (TPSA) is 75.4 Å². The zero-order valence-corrected chi connectivity index (χ0v) is 13.9. The van der Waals surface area contributed by atoms with Gasteiger partial charge in [-0.1, -0.05) is 29.8 Å². The van der Waals surface area contributed by atoms with Gasteiger partial charge in [-0.3, -0.25) is 10.1 Å². The van der Waals surface area contributed by atoms with Gasteiger partial charge in [-0.2, -0.15) is 0 Å². The van der Waals surface area contributed by atoms with Crippen molar-refractivity contribution in [3.63, 3.8) is 0 Å². The Hall–Kier alpha value is -1.95. The van der Waals surface area contributed by atoms with E-state index in [1.807, 2.05) is 18.2 Å². The highest BCUT2D eigenvalue weighted by Crippen LogP contribution is 2.26. The molecular weight excluding hydrogens is 328 g/mol. The van der Waals surface area contributed by atoms with Crippen molar-refractivity contribution < 1.29 is 10.0 Å². The summed E-state index contributed by atoms with van der Waals surface area (Å²) >= 11 is 5.95. The second kappa shape index (κ2) is 7.30. The van der Waals surface area contributed by atoms with Crippen LogP contribution in [0.1, 0.15) is 29.2 Å². The SMILES string of the molecule is O=[N+]([O-])c1ccc2c(c1)C[C@@H](NC[C@H](O)c1cccc(Cl)c1)CC2. The van der Waals surface area contributed by atoms with E-state index in [2.05, 4.69) is 5.32 Å². The summed E-state index contributed by atoms with van der Waals surface area (Å²) in [7, 11) is 0. The predicted octanol–water partition coefficient (Wildman–Crippen LogP) is 3.43. The van der Waals surface area contributed by atoms with Crippen molar-refractivity contribution in [3.8, 4) is 0 Å². The number of aliphatic hydroxyl groups is 1. The normalized spacial score (nSPS) is 18.0. The first kappa shape index (κ1) is 16.9. The Kier molecular flexibility index (Phi) is 5.14. The Balaban J connectivity index is 1.61. The van der Waals surface area contributed by atoms with E-state index in [-0.39, 0.29) is 16.7 Å². The first-order chi connectivity index (χ1) is 11.5. The number of benzene rings is 2. The first-order valence-electron chi connectivity index (χ1n) is 7.96. The Morgan fingerprint density at radius 2 is 2.12 bits per heavy atom. The molecule has 0 aromatic heterocycles. The Labute approximate surface area is 145 Å². The summed E-state index contributed by atoms with van der Waals surface area (Å²) < 4.78 is 0. The van der Waals surface area contributed by atoms with Crippen molar-refractivity contribution in [2.75, 3.05) is 6.54 Å². The number of fused-ring (bicyclic) bond motifs is 1. The van der Waals surface area contributed by atoms with E-state index < -0.39 is 6.10 Å². The number of aryl methyl sites for hydroxylation is 1. The van der Waals surface area contributed by atoms with Gasteiger partial charge in [0.25, 0.3) is 5.69 Å². The van der Waals surface area contributed by atoms with Crippen LogP contribution in [-0.2, 0) is 12.8 Å². The summed E-state index contributed by atoms with van der Waals surface area (Å²) in [6.07, 6.45) is 1.94. The Morgan fingerprint density at radius 1 is 1.29 bits per heavy atom. The minimum absolute atomic E-state index is 0.133. The van der Waals surface area contributed by atoms with Gasteiger partial charge in [-0.05, 0) is 48.1 Å². The van der Waals surface area contributed by atoms with Crippen LogP contribution >= 0.6 is 11.6 Å². The molecule has 2 N–H and O–H groups in total. The molecule has 2 aromatic carbocycles. The van der Waals surface area contributed by atoms with Crippen LogP contribution in [0.5, 0.6) is 0 Å². The maximum Gasteiger partial charge on any atom is 0.269 e. The number of non-ortho nitro benzene ring substituents is 1. The van der Waals surface area contributed by atoms with Gasteiger partial charge in [0.2, 0.25) is 0 Å². The quantitative estimate of drug-likeness (QED) is 0.642. The van der Waals surface area contributed by atoms with Gasteiger partial charge < -0.3 is 10.4 Å². The van der Waals surface area contributed by atoms with Gasteiger partial charge in [0.1, 0.15) is 0 Å². The van der Waals surface area contributed by atoms with Crippen molar-refractivity contribution in [1.29, 1.82) is 0 Å². The third kappa shape index (κ3) is 3.93. The molecule has 0 heterocycles. The smallest absolute Gasteiger partial charge is 0.269 e. The van der Waals surface area contributed by atoms with Crippen LogP contribution < -0.4 is 5.32 Å². The molecule has 24 heavy (non-hydrogen) atoms. The number of rotatable bonds is 5. The maximum atomic E-state index is 10.9. The van der Waals surface area contributed by atoms with Crippen LogP contribution in [0, 0.1) is 10.1 Å². The number of halogens is 1. The van der Waals surface area contributed by atoms with Gasteiger partial charge in [0.15, 0.2) is 0 Å². The molecule has 5 nitrogen and oxygen atoms in total. The summed E-state index contributed by atoms with van der Waals surface area (Å²) in [5, 5.41) is 25.2. The second-order valence-electron chi connectivity index (χ2n) is 6.13. The van der Waals surface area contributed by atoms with Crippen LogP contribution in [0.2, 0.25) is 5.02 Å². The van der Waals surface area contributed by atoms with Crippen LogP contribution in [0.25, 0.3) is 0 Å². The largest absolute Gasteiger partial charge is 0.387 e. The number of nitrogens with zero attached hydrogens (tertiary/aromatic N) is 1. The lowest BCUT2D eigenvalue weighted by atomic mass is 9.88. The van der Waals surface area contributed by atoms with Gasteiger partial charge in [-0.15, -0.1) is 0 Å². The van der Waals surface area contributed by atoms with Gasteiger partial charge >= 0.3 is 0 Å². The molecule has 3 rings (SSSR count). The summed E-state index contributed by atoms with van der Waals surface area (Å²) in [5.74, 6) is 0. The average molecular weight is 347 g/mol. The van der Waals surface area contributed by atoms with Crippen molar-refractivity contribution in [1.82, 2.24) is 5.32 Å².